The molecule has 1 nitrogen and oxygen atoms in total. The van der Waals surface area contributed by atoms with Crippen molar-refractivity contribution in [2.24, 2.45) is 5.73 Å². The summed E-state index contributed by atoms with van der Waals surface area (Å²) < 4.78 is 0. The lowest BCUT2D eigenvalue weighted by Crippen LogP contribution is -1.98. The van der Waals surface area contributed by atoms with E-state index >= 15 is 0 Å². The lowest BCUT2D eigenvalue weighted by atomic mass is 10.0. The van der Waals surface area contributed by atoms with E-state index in [9.17, 15) is 0 Å². The number of hydrogen-bond acceptors (Lipinski definition) is 1. The Morgan fingerprint density at radius 1 is 1.05 bits per heavy atom. The second-order valence-electron chi connectivity index (χ2n) is 5.72. The number of aryl methyl sites for hydroxylation is 1. The Morgan fingerprint density at radius 2 is 1.64 bits per heavy atom. The van der Waals surface area contributed by atoms with Gasteiger partial charge in [-0.05, 0) is 56.4 Å². The third-order valence-electron chi connectivity index (χ3n) is 3.02. The standard InChI is InChI=1S/C18H25N.C3H8/c1-4-17(11-8-15(2)3)18-12-9-16(10-13-18)7-5-6-14-19;1-3-2/h4,8-13H,1,5-7,14,19H2,2-3H3;3H2,1-2H3/b17-11+;. The molecular formula is C21H33N. The summed E-state index contributed by atoms with van der Waals surface area (Å²) in [7, 11) is 0. The van der Waals surface area contributed by atoms with Crippen LogP contribution >= 0.6 is 0 Å². The van der Waals surface area contributed by atoms with Gasteiger partial charge in [-0.3, -0.25) is 0 Å². The van der Waals surface area contributed by atoms with Crippen LogP contribution < -0.4 is 5.73 Å². The summed E-state index contributed by atoms with van der Waals surface area (Å²) >= 11 is 0. The molecule has 22 heavy (non-hydrogen) atoms. The molecule has 0 heterocycles. The first-order chi connectivity index (χ1) is 10.6. The van der Waals surface area contributed by atoms with E-state index in [-0.39, 0.29) is 0 Å². The van der Waals surface area contributed by atoms with E-state index in [4.69, 9.17) is 5.73 Å². The number of hydrogen-bond donors (Lipinski definition) is 1. The van der Waals surface area contributed by atoms with Crippen LogP contribution in [0.25, 0.3) is 5.57 Å². The van der Waals surface area contributed by atoms with E-state index in [1.165, 1.54) is 23.1 Å². The molecule has 0 bridgehead atoms. The van der Waals surface area contributed by atoms with Gasteiger partial charge in [-0.2, -0.15) is 0 Å². The van der Waals surface area contributed by atoms with Crippen molar-refractivity contribution in [1.29, 1.82) is 0 Å². The van der Waals surface area contributed by atoms with Gasteiger partial charge in [0, 0.05) is 0 Å². The minimum Gasteiger partial charge on any atom is -0.330 e. The molecule has 0 fully saturated rings. The van der Waals surface area contributed by atoms with Crippen LogP contribution in [0, 0.1) is 0 Å². The number of benzene rings is 1. The highest BCUT2D eigenvalue weighted by molar-refractivity contribution is 5.74. The molecule has 1 rings (SSSR count). The van der Waals surface area contributed by atoms with E-state index in [1.54, 1.807) is 0 Å². The van der Waals surface area contributed by atoms with Crippen molar-refractivity contribution in [2.45, 2.75) is 53.4 Å². The summed E-state index contributed by atoms with van der Waals surface area (Å²) in [6, 6.07) is 8.74. The Labute approximate surface area is 137 Å². The molecule has 122 valence electrons. The normalized spacial score (nSPS) is 10.5. The van der Waals surface area contributed by atoms with E-state index in [0.717, 1.165) is 31.4 Å². The number of allylic oxidation sites excluding steroid dienone is 5. The fourth-order valence-electron chi connectivity index (χ4n) is 1.88. The fourth-order valence-corrected chi connectivity index (χ4v) is 1.88. The summed E-state index contributed by atoms with van der Waals surface area (Å²) in [6.07, 6.45) is 10.8. The highest BCUT2D eigenvalue weighted by Crippen LogP contribution is 2.17. The monoisotopic (exact) mass is 299 g/mol. The Balaban J connectivity index is 0.00000135. The van der Waals surface area contributed by atoms with Crippen LogP contribution in [0.3, 0.4) is 0 Å². The zero-order valence-electron chi connectivity index (χ0n) is 14.9. The van der Waals surface area contributed by atoms with Crippen LogP contribution in [0.15, 0.2) is 54.6 Å². The van der Waals surface area contributed by atoms with Gasteiger partial charge < -0.3 is 5.73 Å². The van der Waals surface area contributed by atoms with Crippen LogP contribution in [-0.4, -0.2) is 6.54 Å². The summed E-state index contributed by atoms with van der Waals surface area (Å²) in [6.45, 7) is 13.1. The zero-order valence-corrected chi connectivity index (χ0v) is 14.9. The maximum absolute atomic E-state index is 5.51. The van der Waals surface area contributed by atoms with Crippen LogP contribution in [0.5, 0.6) is 0 Å². The van der Waals surface area contributed by atoms with Gasteiger partial charge in [0.15, 0.2) is 0 Å². The topological polar surface area (TPSA) is 26.0 Å². The number of nitrogens with two attached hydrogens (primary N) is 1. The molecule has 0 saturated carbocycles. The third kappa shape index (κ3) is 9.36. The molecule has 2 N–H and O–H groups in total. The molecule has 0 atom stereocenters. The van der Waals surface area contributed by atoms with Crippen LogP contribution in [0.2, 0.25) is 0 Å². The molecule has 1 aromatic carbocycles. The minimum absolute atomic E-state index is 0.782. The summed E-state index contributed by atoms with van der Waals surface area (Å²) in [5.74, 6) is 0. The molecule has 1 aromatic rings. The van der Waals surface area contributed by atoms with Crippen LogP contribution in [-0.2, 0) is 6.42 Å². The second-order valence-corrected chi connectivity index (χ2v) is 5.72. The van der Waals surface area contributed by atoms with Crippen LogP contribution in [0.1, 0.15) is 58.1 Å². The first-order valence-corrected chi connectivity index (χ1v) is 8.35. The van der Waals surface area contributed by atoms with E-state index < -0.39 is 0 Å². The molecule has 1 heteroatoms. The quantitative estimate of drug-likeness (QED) is 0.491. The number of rotatable bonds is 7. The van der Waals surface area contributed by atoms with Crippen molar-refractivity contribution in [2.75, 3.05) is 6.54 Å². The lowest BCUT2D eigenvalue weighted by molar-refractivity contribution is 0.745. The van der Waals surface area contributed by atoms with Gasteiger partial charge in [-0.15, -0.1) is 0 Å². The number of unbranched alkanes of at least 4 members (excludes halogenated alkanes) is 1. The Kier molecular flexibility index (Phi) is 12.1. The Morgan fingerprint density at radius 3 is 2.09 bits per heavy atom. The van der Waals surface area contributed by atoms with Gasteiger partial charge >= 0.3 is 0 Å². The van der Waals surface area contributed by atoms with Crippen molar-refractivity contribution < 1.29 is 0 Å². The molecule has 0 unspecified atom stereocenters. The molecule has 0 aliphatic rings. The van der Waals surface area contributed by atoms with Gasteiger partial charge in [0.05, 0.1) is 0 Å². The molecule has 0 aromatic heterocycles. The highest BCUT2D eigenvalue weighted by Gasteiger charge is 1.98. The van der Waals surface area contributed by atoms with Crippen LogP contribution in [0.4, 0.5) is 0 Å². The zero-order chi connectivity index (χ0) is 16.8. The highest BCUT2D eigenvalue weighted by atomic mass is 14.5. The van der Waals surface area contributed by atoms with Gasteiger partial charge in [0.25, 0.3) is 0 Å². The Hall–Kier alpha value is -1.60. The largest absolute Gasteiger partial charge is 0.330 e. The molecule has 0 saturated heterocycles. The van der Waals surface area contributed by atoms with Gasteiger partial charge in [-0.25, -0.2) is 0 Å². The van der Waals surface area contributed by atoms with Gasteiger partial charge in [0.2, 0.25) is 0 Å². The van der Waals surface area contributed by atoms with E-state index in [0.29, 0.717) is 0 Å². The van der Waals surface area contributed by atoms with Crippen molar-refractivity contribution in [3.8, 4) is 0 Å². The van der Waals surface area contributed by atoms with Crippen molar-refractivity contribution >= 4 is 5.57 Å². The summed E-state index contributed by atoms with van der Waals surface area (Å²) in [5, 5.41) is 0. The van der Waals surface area contributed by atoms with Crippen molar-refractivity contribution in [1.82, 2.24) is 0 Å². The molecule has 0 aliphatic heterocycles. The Bertz CT molecular complexity index is 459. The lowest BCUT2D eigenvalue weighted by Gasteiger charge is -2.05. The molecule has 0 radical (unpaired) electrons. The minimum atomic E-state index is 0.782. The van der Waals surface area contributed by atoms with Gasteiger partial charge in [0.1, 0.15) is 0 Å². The predicted molar refractivity (Wildman–Crippen MR) is 102 cm³/mol. The summed E-state index contributed by atoms with van der Waals surface area (Å²) in [5.41, 5.74) is 10.6. The van der Waals surface area contributed by atoms with E-state index in [1.807, 2.05) is 6.08 Å². The SMILES string of the molecule is C=C/C(=C\C=C(C)C)c1ccc(CCCCN)cc1.CCC. The third-order valence-corrected chi connectivity index (χ3v) is 3.02. The maximum atomic E-state index is 5.51. The van der Waals surface area contributed by atoms with Crippen molar-refractivity contribution in [3.63, 3.8) is 0 Å². The van der Waals surface area contributed by atoms with Gasteiger partial charge in [-0.1, -0.05) is 74.9 Å². The summed E-state index contributed by atoms with van der Waals surface area (Å²) in [4.78, 5) is 0. The molecule has 0 aliphatic carbocycles. The molecule has 0 spiro atoms. The fraction of sp³-hybridized carbons (Fsp3) is 0.429. The molecule has 0 amide bonds. The van der Waals surface area contributed by atoms with E-state index in [2.05, 4.69) is 70.7 Å². The average Bonchev–Trinajstić information content (AvgIpc) is 2.50. The van der Waals surface area contributed by atoms with Crippen molar-refractivity contribution in [3.05, 3.63) is 65.8 Å². The smallest absolute Gasteiger partial charge is 0.00772 e. The average molecular weight is 300 g/mol. The molecular weight excluding hydrogens is 266 g/mol. The maximum Gasteiger partial charge on any atom is -0.00772 e. The first kappa shape index (κ1) is 20.4. The first-order valence-electron chi connectivity index (χ1n) is 8.35. The second kappa shape index (κ2) is 13.1. The predicted octanol–water partition coefficient (Wildman–Crippen LogP) is 5.92.